The number of nitrogens with one attached hydrogen (secondary N) is 1. The molecule has 2 amide bonds. The minimum atomic E-state index is -0.737. The lowest BCUT2D eigenvalue weighted by molar-refractivity contribution is -0.182. The van der Waals surface area contributed by atoms with Gasteiger partial charge in [0.2, 0.25) is 11.8 Å². The van der Waals surface area contributed by atoms with Crippen LogP contribution >= 0.6 is 0 Å². The van der Waals surface area contributed by atoms with Crippen LogP contribution in [-0.4, -0.2) is 63.3 Å². The summed E-state index contributed by atoms with van der Waals surface area (Å²) in [6.07, 6.45) is 3.17. The minimum absolute atomic E-state index is 0.0988. The van der Waals surface area contributed by atoms with Gasteiger partial charge in [0.05, 0.1) is 17.7 Å². The van der Waals surface area contributed by atoms with E-state index >= 15 is 0 Å². The van der Waals surface area contributed by atoms with Crippen LogP contribution < -0.4 is 5.32 Å². The van der Waals surface area contributed by atoms with Gasteiger partial charge >= 0.3 is 0 Å². The Bertz CT molecular complexity index is 916. The van der Waals surface area contributed by atoms with E-state index in [2.05, 4.69) is 5.32 Å². The van der Waals surface area contributed by atoms with Crippen molar-refractivity contribution in [1.29, 1.82) is 0 Å². The molecule has 0 radical (unpaired) electrons. The lowest BCUT2D eigenvalue weighted by atomic mass is 9.74. The van der Waals surface area contributed by atoms with Crippen LogP contribution in [0.2, 0.25) is 0 Å². The molecule has 0 saturated carbocycles. The third-order valence-corrected chi connectivity index (χ3v) is 6.45. The number of carbonyl (C=O) groups excluding carboxylic acids is 2. The Kier molecular flexibility index (Phi) is 5.12. The fourth-order valence-electron chi connectivity index (χ4n) is 4.82. The molecular formula is C22H29N3O4. The third-order valence-electron chi connectivity index (χ3n) is 6.45. The van der Waals surface area contributed by atoms with Gasteiger partial charge in [-0.25, -0.2) is 0 Å². The second-order valence-electron chi connectivity index (χ2n) is 8.67. The van der Waals surface area contributed by atoms with Crippen molar-refractivity contribution < 1.29 is 19.4 Å². The molecule has 2 aromatic rings. The first-order valence-corrected chi connectivity index (χ1v) is 10.2. The van der Waals surface area contributed by atoms with Crippen molar-refractivity contribution >= 4 is 22.7 Å². The summed E-state index contributed by atoms with van der Waals surface area (Å²) in [4.78, 5) is 26.4. The first-order chi connectivity index (χ1) is 13.8. The van der Waals surface area contributed by atoms with E-state index in [4.69, 9.17) is 4.74 Å². The number of amides is 2. The molecule has 2 N–H and O–H groups in total. The van der Waals surface area contributed by atoms with Crippen LogP contribution in [0.15, 0.2) is 36.5 Å². The number of aromatic nitrogens is 1. The summed E-state index contributed by atoms with van der Waals surface area (Å²) in [6, 6.07) is 10.1. The molecule has 3 heterocycles. The third kappa shape index (κ3) is 3.89. The van der Waals surface area contributed by atoms with E-state index in [1.807, 2.05) is 52.9 Å². The van der Waals surface area contributed by atoms with Gasteiger partial charge < -0.3 is 24.6 Å². The van der Waals surface area contributed by atoms with E-state index in [0.29, 0.717) is 38.9 Å². The average molecular weight is 399 g/mol. The Morgan fingerprint density at radius 2 is 1.97 bits per heavy atom. The van der Waals surface area contributed by atoms with Crippen molar-refractivity contribution in [2.45, 2.75) is 56.9 Å². The van der Waals surface area contributed by atoms with E-state index in [-0.39, 0.29) is 18.4 Å². The van der Waals surface area contributed by atoms with Gasteiger partial charge in [0.15, 0.2) is 0 Å². The van der Waals surface area contributed by atoms with E-state index in [1.54, 1.807) is 0 Å². The molecule has 7 nitrogen and oxygen atoms in total. The summed E-state index contributed by atoms with van der Waals surface area (Å²) < 4.78 is 8.03. The number of hydrogen-bond donors (Lipinski definition) is 2. The number of benzene rings is 1. The minimum Gasteiger partial charge on any atom is -0.388 e. The summed E-state index contributed by atoms with van der Waals surface area (Å²) in [6.45, 7) is 5.09. The summed E-state index contributed by atoms with van der Waals surface area (Å²) >= 11 is 0. The molecule has 0 bridgehead atoms. The highest BCUT2D eigenvalue weighted by Gasteiger charge is 2.50. The van der Waals surface area contributed by atoms with Crippen molar-refractivity contribution in [2.75, 3.05) is 19.7 Å². The SMILES string of the molecule is CC(=O)N[C@@]1(C)CC2(CCN(C(=O)Cn3ccc4ccccc43)CC2)OCC1O. The van der Waals surface area contributed by atoms with Gasteiger partial charge in [-0.15, -0.1) is 0 Å². The number of piperidine rings is 1. The number of fused-ring (bicyclic) bond motifs is 1. The quantitative estimate of drug-likeness (QED) is 0.823. The van der Waals surface area contributed by atoms with E-state index in [1.165, 1.54) is 6.92 Å². The first kappa shape index (κ1) is 19.9. The molecule has 2 fully saturated rings. The molecule has 29 heavy (non-hydrogen) atoms. The average Bonchev–Trinajstić information content (AvgIpc) is 3.08. The van der Waals surface area contributed by atoms with Crippen LogP contribution in [0.4, 0.5) is 0 Å². The molecule has 1 unspecified atom stereocenters. The number of carbonyl (C=O) groups is 2. The maximum atomic E-state index is 12.9. The number of hydrogen-bond acceptors (Lipinski definition) is 4. The number of aliphatic hydroxyl groups is 1. The summed E-state index contributed by atoms with van der Waals surface area (Å²) in [5, 5.41) is 14.4. The molecule has 1 aromatic carbocycles. The normalized spacial score (nSPS) is 26.6. The number of nitrogens with zero attached hydrogens (tertiary/aromatic N) is 2. The Hall–Kier alpha value is -2.38. The summed E-state index contributed by atoms with van der Waals surface area (Å²) in [5.74, 6) is -0.0585. The van der Waals surface area contributed by atoms with E-state index < -0.39 is 17.2 Å². The molecule has 156 valence electrons. The van der Waals surface area contributed by atoms with Gasteiger partial charge in [-0.05, 0) is 37.3 Å². The number of rotatable bonds is 3. The summed E-state index contributed by atoms with van der Waals surface area (Å²) in [7, 11) is 0. The molecule has 1 aromatic heterocycles. The maximum Gasteiger partial charge on any atom is 0.242 e. The predicted octanol–water partition coefficient (Wildman–Crippen LogP) is 1.68. The largest absolute Gasteiger partial charge is 0.388 e. The van der Waals surface area contributed by atoms with E-state index in [9.17, 15) is 14.7 Å². The fourth-order valence-corrected chi connectivity index (χ4v) is 4.82. The smallest absolute Gasteiger partial charge is 0.242 e. The van der Waals surface area contributed by atoms with E-state index in [0.717, 1.165) is 10.9 Å². The Morgan fingerprint density at radius 3 is 2.69 bits per heavy atom. The van der Waals surface area contributed by atoms with Gasteiger partial charge in [-0.2, -0.15) is 0 Å². The molecular weight excluding hydrogens is 370 g/mol. The molecule has 1 spiro atoms. The second-order valence-corrected chi connectivity index (χ2v) is 8.67. The number of ether oxygens (including phenoxy) is 1. The number of para-hydroxylation sites is 1. The van der Waals surface area contributed by atoms with Crippen molar-refractivity contribution in [2.24, 2.45) is 0 Å². The predicted molar refractivity (Wildman–Crippen MR) is 109 cm³/mol. The Balaban J connectivity index is 1.40. The van der Waals surface area contributed by atoms with Gasteiger partial charge in [-0.1, -0.05) is 18.2 Å². The zero-order valence-electron chi connectivity index (χ0n) is 17.1. The number of aliphatic hydroxyl groups excluding tert-OH is 1. The van der Waals surface area contributed by atoms with Crippen molar-refractivity contribution in [3.63, 3.8) is 0 Å². The Labute approximate surface area is 170 Å². The highest BCUT2D eigenvalue weighted by Crippen LogP contribution is 2.39. The topological polar surface area (TPSA) is 83.8 Å². The Morgan fingerprint density at radius 1 is 1.24 bits per heavy atom. The molecule has 0 aliphatic carbocycles. The molecule has 7 heteroatoms. The second kappa shape index (κ2) is 7.46. The zero-order chi connectivity index (χ0) is 20.6. The first-order valence-electron chi connectivity index (χ1n) is 10.2. The van der Waals surface area contributed by atoms with Crippen molar-refractivity contribution in [1.82, 2.24) is 14.8 Å². The van der Waals surface area contributed by atoms with Crippen LogP contribution in [0.3, 0.4) is 0 Å². The van der Waals surface area contributed by atoms with Crippen LogP contribution in [0.1, 0.15) is 33.1 Å². The zero-order valence-corrected chi connectivity index (χ0v) is 17.1. The van der Waals surface area contributed by atoms with Gasteiger partial charge in [0.1, 0.15) is 12.6 Å². The van der Waals surface area contributed by atoms with Crippen molar-refractivity contribution in [3.05, 3.63) is 36.5 Å². The lowest BCUT2D eigenvalue weighted by Crippen LogP contribution is -2.65. The van der Waals surface area contributed by atoms with Gasteiger partial charge in [0.25, 0.3) is 0 Å². The maximum absolute atomic E-state index is 12.9. The monoisotopic (exact) mass is 399 g/mol. The molecule has 2 aliphatic rings. The van der Waals surface area contributed by atoms with Crippen LogP contribution in [0.5, 0.6) is 0 Å². The summed E-state index contributed by atoms with van der Waals surface area (Å²) in [5.41, 5.74) is -0.0572. The fraction of sp³-hybridized carbons (Fsp3) is 0.545. The molecule has 2 saturated heterocycles. The highest BCUT2D eigenvalue weighted by atomic mass is 16.5. The number of likely N-dealkylation sites (tertiary alicyclic amines) is 1. The van der Waals surface area contributed by atoms with Crippen LogP contribution in [-0.2, 0) is 20.9 Å². The van der Waals surface area contributed by atoms with Crippen LogP contribution in [0.25, 0.3) is 10.9 Å². The molecule has 2 aliphatic heterocycles. The molecule has 2 atom stereocenters. The standard InChI is InChI=1S/C22H29N3O4/c1-16(26)23-21(2)15-22(29-14-19(21)27)8-11-24(12-9-22)20(28)13-25-10-7-17-5-3-4-6-18(17)25/h3-7,10,19,27H,8-9,11-15H2,1-2H3,(H,23,26)/t19?,21-/m0/s1. The van der Waals surface area contributed by atoms with Crippen LogP contribution in [0, 0.1) is 0 Å². The van der Waals surface area contributed by atoms with Gasteiger partial charge in [-0.3, -0.25) is 9.59 Å². The highest BCUT2D eigenvalue weighted by molar-refractivity contribution is 5.83. The molecule has 4 rings (SSSR count). The lowest BCUT2D eigenvalue weighted by Gasteiger charge is -2.51. The van der Waals surface area contributed by atoms with Crippen molar-refractivity contribution in [3.8, 4) is 0 Å². The van der Waals surface area contributed by atoms with Gasteiger partial charge in [0, 0.05) is 38.1 Å².